The van der Waals surface area contributed by atoms with E-state index in [0.29, 0.717) is 36.6 Å². The zero-order valence-electron chi connectivity index (χ0n) is 13.6. The second-order valence-electron chi connectivity index (χ2n) is 5.98. The Morgan fingerprint density at radius 1 is 1.27 bits per heavy atom. The van der Waals surface area contributed by atoms with Crippen LogP contribution in [0.2, 0.25) is 0 Å². The molecule has 26 heavy (non-hydrogen) atoms. The Kier molecular flexibility index (Phi) is 4.37. The van der Waals surface area contributed by atoms with E-state index < -0.39 is 0 Å². The third kappa shape index (κ3) is 3.30. The van der Waals surface area contributed by atoms with Crippen LogP contribution < -0.4 is 10.3 Å². The Hall–Kier alpha value is -2.81. The molecule has 1 aromatic carbocycles. The van der Waals surface area contributed by atoms with Gasteiger partial charge in [-0.25, -0.2) is 9.49 Å². The van der Waals surface area contributed by atoms with Gasteiger partial charge in [-0.2, -0.15) is 10.1 Å². The highest BCUT2D eigenvalue weighted by molar-refractivity contribution is 7.20. The Labute approximate surface area is 151 Å². The highest BCUT2D eigenvalue weighted by Gasteiger charge is 2.26. The van der Waals surface area contributed by atoms with Crippen LogP contribution >= 0.6 is 11.3 Å². The maximum atomic E-state index is 13.7. The molecule has 1 amide bonds. The first-order valence-electron chi connectivity index (χ1n) is 8.17. The molecule has 0 spiro atoms. The minimum Gasteiger partial charge on any atom is -0.467 e. The lowest BCUT2D eigenvalue weighted by Crippen LogP contribution is -2.42. The molecule has 1 fully saturated rings. The van der Waals surface area contributed by atoms with E-state index in [-0.39, 0.29) is 29.1 Å². The molecule has 1 aliphatic heterocycles. The largest absolute Gasteiger partial charge is 0.467 e. The Bertz CT molecular complexity index is 990. The summed E-state index contributed by atoms with van der Waals surface area (Å²) in [5, 5.41) is 6.47. The van der Waals surface area contributed by atoms with Gasteiger partial charge in [0.15, 0.2) is 0 Å². The number of piperidine rings is 1. The highest BCUT2D eigenvalue weighted by Crippen LogP contribution is 2.31. The number of para-hydroxylation sites is 1. The molecule has 0 unspecified atom stereocenters. The smallest absolute Gasteiger partial charge is 0.274 e. The second-order valence-corrected chi connectivity index (χ2v) is 6.98. The number of carbonyl (C=O) groups excluding carboxylic acids is 1. The summed E-state index contributed by atoms with van der Waals surface area (Å²) in [7, 11) is 0. The lowest BCUT2D eigenvalue weighted by molar-refractivity contribution is 0.0589. The number of aromatic nitrogens is 3. The third-order valence-corrected chi connectivity index (χ3v) is 5.16. The van der Waals surface area contributed by atoms with Crippen LogP contribution in [0.1, 0.15) is 23.3 Å². The van der Waals surface area contributed by atoms with Gasteiger partial charge >= 0.3 is 0 Å². The van der Waals surface area contributed by atoms with Gasteiger partial charge in [0, 0.05) is 32.0 Å². The number of aromatic amines is 1. The molecule has 0 aliphatic carbocycles. The van der Waals surface area contributed by atoms with Gasteiger partial charge in [0.05, 0.1) is 4.70 Å². The van der Waals surface area contributed by atoms with Crippen molar-refractivity contribution in [3.8, 4) is 5.19 Å². The molecule has 0 bridgehead atoms. The predicted octanol–water partition coefficient (Wildman–Crippen LogP) is 2.20. The molecule has 3 heterocycles. The van der Waals surface area contributed by atoms with Crippen LogP contribution in [0.25, 0.3) is 10.2 Å². The van der Waals surface area contributed by atoms with Crippen molar-refractivity contribution >= 4 is 27.5 Å². The molecule has 7 nitrogen and oxygen atoms in total. The molecule has 4 rings (SSSR count). The predicted molar refractivity (Wildman–Crippen MR) is 94.0 cm³/mol. The molecule has 9 heteroatoms. The number of nitrogens with one attached hydrogen (secondary N) is 1. The number of hydrogen-bond donors (Lipinski definition) is 1. The van der Waals surface area contributed by atoms with E-state index in [9.17, 15) is 14.0 Å². The zero-order valence-corrected chi connectivity index (χ0v) is 14.5. The van der Waals surface area contributed by atoms with Crippen molar-refractivity contribution in [2.24, 2.45) is 0 Å². The van der Waals surface area contributed by atoms with Crippen LogP contribution in [0.5, 0.6) is 5.19 Å². The number of benzene rings is 1. The van der Waals surface area contributed by atoms with E-state index in [2.05, 4.69) is 15.2 Å². The van der Waals surface area contributed by atoms with Crippen molar-refractivity contribution < 1.29 is 13.9 Å². The topological polar surface area (TPSA) is 88.2 Å². The molecule has 2 aromatic heterocycles. The Morgan fingerprint density at radius 3 is 2.77 bits per heavy atom. The van der Waals surface area contributed by atoms with Gasteiger partial charge in [0.1, 0.15) is 23.1 Å². The molecular formula is C17H15FN4O3S. The fourth-order valence-electron chi connectivity index (χ4n) is 2.89. The summed E-state index contributed by atoms with van der Waals surface area (Å²) >= 11 is 1.31. The molecule has 0 saturated carbocycles. The fourth-order valence-corrected chi connectivity index (χ4v) is 3.79. The van der Waals surface area contributed by atoms with E-state index in [4.69, 9.17) is 4.74 Å². The van der Waals surface area contributed by atoms with Gasteiger partial charge < -0.3 is 9.64 Å². The number of H-pyrrole nitrogens is 1. The van der Waals surface area contributed by atoms with E-state index in [1.807, 2.05) is 0 Å². The second kappa shape index (κ2) is 6.83. The minimum atomic E-state index is -0.359. The number of fused-ring (bicyclic) bond motifs is 1. The van der Waals surface area contributed by atoms with Crippen LogP contribution in [0.3, 0.4) is 0 Å². The van der Waals surface area contributed by atoms with Crippen LogP contribution in [0, 0.1) is 5.82 Å². The van der Waals surface area contributed by atoms with Gasteiger partial charge in [-0.1, -0.05) is 17.4 Å². The number of likely N-dealkylation sites (tertiary alicyclic amines) is 1. The average Bonchev–Trinajstić information content (AvgIpc) is 3.06. The highest BCUT2D eigenvalue weighted by atomic mass is 32.1. The van der Waals surface area contributed by atoms with Crippen LogP contribution in [0.4, 0.5) is 4.39 Å². The van der Waals surface area contributed by atoms with Crippen molar-refractivity contribution in [3.63, 3.8) is 0 Å². The molecule has 0 radical (unpaired) electrons. The Balaban J connectivity index is 1.38. The van der Waals surface area contributed by atoms with Crippen molar-refractivity contribution in [1.29, 1.82) is 0 Å². The third-order valence-electron chi connectivity index (χ3n) is 4.25. The number of amides is 1. The van der Waals surface area contributed by atoms with E-state index in [1.165, 1.54) is 29.5 Å². The molecule has 134 valence electrons. The van der Waals surface area contributed by atoms with Crippen molar-refractivity contribution in [3.05, 3.63) is 52.2 Å². The molecule has 1 saturated heterocycles. The van der Waals surface area contributed by atoms with Crippen molar-refractivity contribution in [1.82, 2.24) is 20.1 Å². The van der Waals surface area contributed by atoms with E-state index in [0.717, 1.165) is 4.70 Å². The maximum Gasteiger partial charge on any atom is 0.274 e. The first-order chi connectivity index (χ1) is 12.6. The first-order valence-corrected chi connectivity index (χ1v) is 8.98. The lowest BCUT2D eigenvalue weighted by atomic mass is 10.1. The number of halogens is 1. The molecular weight excluding hydrogens is 359 g/mol. The van der Waals surface area contributed by atoms with E-state index >= 15 is 0 Å². The number of rotatable bonds is 3. The minimum absolute atomic E-state index is 0.0776. The summed E-state index contributed by atoms with van der Waals surface area (Å²) in [6.45, 7) is 1.03. The fraction of sp³-hybridized carbons (Fsp3) is 0.294. The maximum absolute atomic E-state index is 13.7. The Morgan fingerprint density at radius 2 is 2.08 bits per heavy atom. The van der Waals surface area contributed by atoms with Gasteiger partial charge in [-0.05, 0) is 18.2 Å². The SMILES string of the molecule is O=C(c1ccc(=O)[nH]n1)N1CCC(Oc2nc3c(F)cccc3s2)CC1. The van der Waals surface area contributed by atoms with Gasteiger partial charge in [-0.3, -0.25) is 9.59 Å². The molecule has 3 aromatic rings. The lowest BCUT2D eigenvalue weighted by Gasteiger charge is -2.31. The summed E-state index contributed by atoms with van der Waals surface area (Å²) in [6.07, 6.45) is 1.22. The van der Waals surface area contributed by atoms with Gasteiger partial charge in [0.25, 0.3) is 16.7 Å². The summed E-state index contributed by atoms with van der Waals surface area (Å²) < 4.78 is 20.4. The number of nitrogens with zero attached hydrogens (tertiary/aromatic N) is 3. The number of hydrogen-bond acceptors (Lipinski definition) is 6. The summed E-state index contributed by atoms with van der Waals surface area (Å²) in [6, 6.07) is 7.53. The van der Waals surface area contributed by atoms with Crippen LogP contribution in [-0.2, 0) is 0 Å². The molecule has 0 atom stereocenters. The zero-order chi connectivity index (χ0) is 18.1. The normalized spacial score (nSPS) is 15.3. The average molecular weight is 374 g/mol. The van der Waals surface area contributed by atoms with E-state index in [1.54, 1.807) is 17.0 Å². The van der Waals surface area contributed by atoms with Crippen LogP contribution in [-0.4, -0.2) is 45.2 Å². The van der Waals surface area contributed by atoms with Crippen molar-refractivity contribution in [2.75, 3.05) is 13.1 Å². The number of thiazole rings is 1. The summed E-state index contributed by atoms with van der Waals surface area (Å²) in [5.41, 5.74) is 0.191. The monoisotopic (exact) mass is 374 g/mol. The van der Waals surface area contributed by atoms with Crippen LogP contribution in [0.15, 0.2) is 35.1 Å². The summed E-state index contributed by atoms with van der Waals surface area (Å²) in [4.78, 5) is 29.3. The quantitative estimate of drug-likeness (QED) is 0.759. The summed E-state index contributed by atoms with van der Waals surface area (Å²) in [5.74, 6) is -0.579. The van der Waals surface area contributed by atoms with Gasteiger partial charge in [0.2, 0.25) is 0 Å². The molecule has 1 N–H and O–H groups in total. The van der Waals surface area contributed by atoms with Crippen molar-refractivity contribution in [2.45, 2.75) is 18.9 Å². The standard InChI is InChI=1S/C17H15FN4O3S/c18-11-2-1-3-13-15(11)19-17(26-13)25-10-6-8-22(9-7-10)16(24)12-4-5-14(23)21-20-12/h1-5,10H,6-9H2,(H,21,23). The van der Waals surface area contributed by atoms with Gasteiger partial charge in [-0.15, -0.1) is 0 Å². The number of ether oxygens (including phenoxy) is 1. The molecule has 1 aliphatic rings. The first kappa shape index (κ1) is 16.6. The number of carbonyl (C=O) groups is 1.